The van der Waals surface area contributed by atoms with E-state index in [1.54, 1.807) is 0 Å². The molecule has 12 atom stereocenters. The summed E-state index contributed by atoms with van der Waals surface area (Å²) >= 11 is 0. The molecule has 12 unspecified atom stereocenters. The lowest BCUT2D eigenvalue weighted by Crippen LogP contribution is -2.37. The summed E-state index contributed by atoms with van der Waals surface area (Å²) in [5.41, 5.74) is 4.84. The molecule has 0 radical (unpaired) electrons. The van der Waals surface area contributed by atoms with Crippen LogP contribution < -0.4 is 13.8 Å². The van der Waals surface area contributed by atoms with Crippen molar-refractivity contribution in [3.8, 4) is 23.0 Å². The summed E-state index contributed by atoms with van der Waals surface area (Å²) < 4.78 is 35.7. The third-order valence-corrected chi connectivity index (χ3v) is 24.5. The maximum atomic E-state index is 7.97. The molecule has 0 N–H and O–H groups in total. The zero-order valence-electron chi connectivity index (χ0n) is 40.8. The largest absolute Gasteiger partial charge is 0.449 e. The molecular weight excluding hydrogens is 827 g/mol. The van der Waals surface area contributed by atoms with Gasteiger partial charge in [0.25, 0.3) is 0 Å². The van der Waals surface area contributed by atoms with E-state index in [1.165, 1.54) is 151 Å². The van der Waals surface area contributed by atoms with Crippen LogP contribution in [0.4, 0.5) is 0 Å². The van der Waals surface area contributed by atoms with Crippen LogP contribution in [0.15, 0.2) is 24.3 Å². The monoisotopic (exact) mass is 907 g/mol. The second-order valence-electron chi connectivity index (χ2n) is 25.8. The molecular formula is C55H80N4O3P2. The van der Waals surface area contributed by atoms with E-state index in [2.05, 4.69) is 98.3 Å². The van der Waals surface area contributed by atoms with Crippen molar-refractivity contribution >= 4 is 16.9 Å². The average Bonchev–Trinajstić information content (AvgIpc) is 4.10. The summed E-state index contributed by atoms with van der Waals surface area (Å²) in [5.74, 6) is 7.22. The van der Waals surface area contributed by atoms with Crippen molar-refractivity contribution < 1.29 is 13.8 Å². The zero-order chi connectivity index (χ0) is 43.6. The summed E-state index contributed by atoms with van der Waals surface area (Å²) in [5, 5.41) is 0. The number of hydrogen-bond donors (Lipinski definition) is 0. The predicted octanol–water partition coefficient (Wildman–Crippen LogP) is 14.5. The highest BCUT2D eigenvalue weighted by Gasteiger charge is 2.65. The number of ether oxygens (including phenoxy) is 1. The first-order valence-corrected chi connectivity index (χ1v) is 29.2. The van der Waals surface area contributed by atoms with Crippen molar-refractivity contribution in [2.45, 2.75) is 248 Å². The fourth-order valence-electron chi connectivity index (χ4n) is 16.4. The molecule has 348 valence electrons. The van der Waals surface area contributed by atoms with Gasteiger partial charge < -0.3 is 13.8 Å². The lowest BCUT2D eigenvalue weighted by molar-refractivity contribution is 0.231. The molecule has 2 aromatic carbocycles. The summed E-state index contributed by atoms with van der Waals surface area (Å²) in [6.07, 6.45) is 27.6. The number of benzene rings is 2. The molecule has 64 heavy (non-hydrogen) atoms. The Balaban J connectivity index is 0.934. The predicted molar refractivity (Wildman–Crippen MR) is 262 cm³/mol. The highest BCUT2D eigenvalue weighted by atomic mass is 31.2. The number of fused-ring (bicyclic) bond motifs is 16. The topological polar surface area (TPSA) is 40.7 Å². The lowest BCUT2D eigenvalue weighted by atomic mass is 9.72. The first kappa shape index (κ1) is 42.6. The summed E-state index contributed by atoms with van der Waals surface area (Å²) in [6.45, 7) is 19.2. The number of nitrogens with zero attached hydrogens (tertiary/aromatic N) is 4. The van der Waals surface area contributed by atoms with Gasteiger partial charge in [-0.2, -0.15) is 0 Å². The minimum Gasteiger partial charge on any atom is -0.449 e. The Morgan fingerprint density at radius 1 is 0.453 bits per heavy atom. The third kappa shape index (κ3) is 6.44. The summed E-state index contributed by atoms with van der Waals surface area (Å²) in [6, 6.07) is 15.1. The summed E-state index contributed by atoms with van der Waals surface area (Å²) in [4.78, 5) is 0. The Morgan fingerprint density at radius 3 is 1.05 bits per heavy atom. The van der Waals surface area contributed by atoms with Crippen molar-refractivity contribution in [1.29, 1.82) is 0 Å². The van der Waals surface area contributed by atoms with Crippen LogP contribution in [-0.2, 0) is 16.2 Å². The van der Waals surface area contributed by atoms with Crippen LogP contribution in [0, 0.1) is 23.7 Å². The molecule has 7 aliphatic heterocycles. The van der Waals surface area contributed by atoms with Crippen molar-refractivity contribution in [3.63, 3.8) is 0 Å². The standard InChI is InChI=1S/C55H80N4O3P2/c1-53(2,3)37-29-39-51(49(31-37)61-63-56-41-21-13-9-17-33(41)25-45(56)46-26-34-18-10-14-22-42(34)57(46)63)60-52-40(55(39,7)8)30-38(54(4,5)6)32-50(52)62-64-58-43-23-15-11-19-35(43)27-47(58)48-28-36-20-12-16-24-44(36)59(48)64/h29-36,41-48H,9-28H2,1-8H3. The molecule has 2 aromatic rings. The molecule has 10 fully saturated rings. The van der Waals surface area contributed by atoms with Crippen molar-refractivity contribution in [1.82, 2.24) is 18.7 Å². The first-order chi connectivity index (χ1) is 30.7. The fraction of sp³-hybridized carbons (Fsp3) is 0.782. The third-order valence-electron chi connectivity index (χ3n) is 19.8. The van der Waals surface area contributed by atoms with Gasteiger partial charge >= 0.3 is 0 Å². The maximum Gasteiger partial charge on any atom is 0.249 e. The fourth-order valence-corrected chi connectivity index (χ4v) is 22.2. The van der Waals surface area contributed by atoms with E-state index in [0.29, 0.717) is 48.3 Å². The molecule has 7 nitrogen and oxygen atoms in total. The van der Waals surface area contributed by atoms with Gasteiger partial charge in [0.15, 0.2) is 23.0 Å². The second-order valence-corrected chi connectivity index (χ2v) is 29.0. The molecule has 0 spiro atoms. The maximum absolute atomic E-state index is 7.97. The minimum atomic E-state index is -0.973. The molecule has 9 heteroatoms. The molecule has 6 saturated heterocycles. The quantitative estimate of drug-likeness (QED) is 0.283. The van der Waals surface area contributed by atoms with Gasteiger partial charge in [0, 0.05) is 64.9 Å². The van der Waals surface area contributed by atoms with Crippen molar-refractivity contribution in [2.75, 3.05) is 0 Å². The van der Waals surface area contributed by atoms with Crippen LogP contribution in [0.5, 0.6) is 23.0 Å². The van der Waals surface area contributed by atoms with Gasteiger partial charge in [0.2, 0.25) is 16.9 Å². The van der Waals surface area contributed by atoms with Gasteiger partial charge in [0.05, 0.1) is 0 Å². The minimum absolute atomic E-state index is 0.0408. The Morgan fingerprint density at radius 2 is 0.750 bits per heavy atom. The van der Waals surface area contributed by atoms with Crippen LogP contribution in [0.3, 0.4) is 0 Å². The van der Waals surface area contributed by atoms with Gasteiger partial charge in [-0.15, -0.1) is 0 Å². The van der Waals surface area contributed by atoms with E-state index in [1.807, 2.05) is 0 Å². The van der Waals surface area contributed by atoms with Crippen LogP contribution >= 0.6 is 16.9 Å². The van der Waals surface area contributed by atoms with Gasteiger partial charge in [-0.1, -0.05) is 119 Å². The van der Waals surface area contributed by atoms with Crippen molar-refractivity contribution in [3.05, 3.63) is 46.5 Å². The smallest absolute Gasteiger partial charge is 0.249 e. The van der Waals surface area contributed by atoms with E-state index in [-0.39, 0.29) is 16.2 Å². The van der Waals surface area contributed by atoms with E-state index in [9.17, 15) is 0 Å². The number of rotatable bonds is 4. The van der Waals surface area contributed by atoms with Gasteiger partial charge in [-0.05, 0) is 135 Å². The van der Waals surface area contributed by atoms with Gasteiger partial charge in [-0.3, -0.25) is 0 Å². The molecule has 4 saturated carbocycles. The van der Waals surface area contributed by atoms with Gasteiger partial charge in [0.1, 0.15) is 0 Å². The van der Waals surface area contributed by atoms with Crippen LogP contribution in [0.2, 0.25) is 0 Å². The summed E-state index contributed by atoms with van der Waals surface area (Å²) in [7, 11) is -1.95. The Bertz CT molecular complexity index is 1950. The van der Waals surface area contributed by atoms with Crippen molar-refractivity contribution in [2.24, 2.45) is 23.7 Å². The molecule has 13 rings (SSSR count). The molecule has 7 heterocycles. The first-order valence-electron chi connectivity index (χ1n) is 26.9. The Kier molecular flexibility index (Phi) is 10.2. The van der Waals surface area contributed by atoms with E-state index < -0.39 is 16.9 Å². The molecule has 4 aliphatic carbocycles. The van der Waals surface area contributed by atoms with Gasteiger partial charge in [-0.25, -0.2) is 18.7 Å². The lowest BCUT2D eigenvalue weighted by Gasteiger charge is -2.42. The van der Waals surface area contributed by atoms with E-state index >= 15 is 0 Å². The molecule has 11 aliphatic rings. The average molecular weight is 907 g/mol. The van der Waals surface area contributed by atoms with Crippen LogP contribution in [-0.4, -0.2) is 67.0 Å². The van der Waals surface area contributed by atoms with E-state index in [4.69, 9.17) is 13.8 Å². The molecule has 0 aromatic heterocycles. The zero-order valence-corrected chi connectivity index (χ0v) is 42.6. The normalized spacial score (nSPS) is 41.1. The number of hydrogen-bond acceptors (Lipinski definition) is 7. The Labute approximate surface area is 389 Å². The van der Waals surface area contributed by atoms with E-state index in [0.717, 1.165) is 46.7 Å². The molecule has 0 amide bonds. The Hall–Kier alpha value is -1.46. The van der Waals surface area contributed by atoms with Crippen LogP contribution in [0.1, 0.15) is 206 Å². The highest BCUT2D eigenvalue weighted by molar-refractivity contribution is 7.48. The molecule has 0 bridgehead atoms. The highest BCUT2D eigenvalue weighted by Crippen LogP contribution is 2.71. The van der Waals surface area contributed by atoms with Crippen LogP contribution in [0.25, 0.3) is 0 Å². The SMILES string of the molecule is CC(C)(C)c1cc(OP2N3C4CCCCC4CC3C3CC4CCCCC4N32)c2c(c1)C(C)(C)c1cc(C(C)(C)C)cc(OP3N4C5CCCCC5CC4C4CC5CCCCC5N43)c1O2. The second kappa shape index (κ2) is 15.3.